The van der Waals surface area contributed by atoms with Crippen LogP contribution in [0.2, 0.25) is 0 Å². The minimum Gasteiger partial charge on any atom is -0.489 e. The summed E-state index contributed by atoms with van der Waals surface area (Å²) in [6, 6.07) is 19.9. The minimum absolute atomic E-state index is 0.281. The zero-order valence-electron chi connectivity index (χ0n) is 14.6. The number of carbonyl (C=O) groups excluding carboxylic acids is 1. The lowest BCUT2D eigenvalue weighted by atomic mass is 10.2. The summed E-state index contributed by atoms with van der Waals surface area (Å²) in [4.78, 5) is 16.0. The van der Waals surface area contributed by atoms with E-state index in [4.69, 9.17) is 10.00 Å². The van der Waals surface area contributed by atoms with Gasteiger partial charge in [0, 0.05) is 24.6 Å². The maximum atomic E-state index is 11.9. The normalized spacial score (nSPS) is 9.89. The Balaban J connectivity index is 1.48. The number of rotatable bonds is 6. The quantitative estimate of drug-likeness (QED) is 0.700. The molecule has 6 nitrogen and oxygen atoms in total. The van der Waals surface area contributed by atoms with Crippen molar-refractivity contribution in [3.63, 3.8) is 0 Å². The number of pyridine rings is 1. The molecule has 2 aromatic carbocycles. The minimum atomic E-state index is -0.281. The summed E-state index contributed by atoms with van der Waals surface area (Å²) in [5.41, 5.74) is 3.14. The van der Waals surface area contributed by atoms with Crippen LogP contribution in [0.15, 0.2) is 73.1 Å². The third-order valence-electron chi connectivity index (χ3n) is 3.76. The second-order valence-corrected chi connectivity index (χ2v) is 5.79. The number of nitrogens with one attached hydrogen (secondary N) is 2. The van der Waals surface area contributed by atoms with E-state index < -0.39 is 0 Å². The Morgan fingerprint density at radius 3 is 2.67 bits per heavy atom. The van der Waals surface area contributed by atoms with Crippen molar-refractivity contribution in [1.82, 2.24) is 10.3 Å². The molecular formula is C21H18N4O2. The largest absolute Gasteiger partial charge is 0.489 e. The standard InChI is InChI=1S/C21H18N4O2/c22-12-17-3-1-5-20(11-17)27-15-16-6-8-19(9-7-16)25-21(26)24-14-18-4-2-10-23-13-18/h1-11,13H,14-15H2,(H2,24,25,26). The van der Waals surface area contributed by atoms with Crippen LogP contribution in [0.3, 0.4) is 0 Å². The molecule has 0 aliphatic carbocycles. The monoisotopic (exact) mass is 358 g/mol. The number of nitriles is 1. The molecule has 0 bridgehead atoms. The molecule has 0 saturated heterocycles. The topological polar surface area (TPSA) is 87.0 Å². The first-order valence-electron chi connectivity index (χ1n) is 8.38. The summed E-state index contributed by atoms with van der Waals surface area (Å²) < 4.78 is 5.69. The van der Waals surface area contributed by atoms with Gasteiger partial charge < -0.3 is 15.4 Å². The van der Waals surface area contributed by atoms with Crippen molar-refractivity contribution in [2.75, 3.05) is 5.32 Å². The number of benzene rings is 2. The number of urea groups is 1. The average molecular weight is 358 g/mol. The van der Waals surface area contributed by atoms with Crippen LogP contribution in [0, 0.1) is 11.3 Å². The highest BCUT2D eigenvalue weighted by molar-refractivity contribution is 5.89. The van der Waals surface area contributed by atoms with Crippen LogP contribution < -0.4 is 15.4 Å². The molecule has 3 rings (SSSR count). The van der Waals surface area contributed by atoms with Gasteiger partial charge in [-0.25, -0.2) is 4.79 Å². The van der Waals surface area contributed by atoms with Crippen molar-refractivity contribution in [3.8, 4) is 11.8 Å². The molecule has 0 atom stereocenters. The van der Waals surface area contributed by atoms with Crippen LogP contribution in [0.4, 0.5) is 10.5 Å². The van der Waals surface area contributed by atoms with Crippen molar-refractivity contribution in [2.45, 2.75) is 13.2 Å². The van der Waals surface area contributed by atoms with Gasteiger partial charge in [-0.1, -0.05) is 24.3 Å². The predicted molar refractivity (Wildman–Crippen MR) is 102 cm³/mol. The van der Waals surface area contributed by atoms with Crippen LogP contribution in [0.25, 0.3) is 0 Å². The van der Waals surface area contributed by atoms with E-state index >= 15 is 0 Å². The Morgan fingerprint density at radius 1 is 1.07 bits per heavy atom. The molecule has 134 valence electrons. The molecule has 3 aromatic rings. The maximum Gasteiger partial charge on any atom is 0.319 e. The van der Waals surface area contributed by atoms with Gasteiger partial charge >= 0.3 is 6.03 Å². The number of hydrogen-bond acceptors (Lipinski definition) is 4. The van der Waals surface area contributed by atoms with Gasteiger partial charge in [0.2, 0.25) is 0 Å². The second-order valence-electron chi connectivity index (χ2n) is 5.79. The Hall–Kier alpha value is -3.85. The molecule has 2 amide bonds. The third kappa shape index (κ3) is 5.58. The molecule has 0 fully saturated rings. The van der Waals surface area contributed by atoms with Gasteiger partial charge in [-0.3, -0.25) is 4.98 Å². The van der Waals surface area contributed by atoms with Crippen molar-refractivity contribution in [3.05, 3.63) is 89.7 Å². The first-order valence-corrected chi connectivity index (χ1v) is 8.38. The summed E-state index contributed by atoms with van der Waals surface area (Å²) >= 11 is 0. The van der Waals surface area contributed by atoms with Crippen LogP contribution in [-0.4, -0.2) is 11.0 Å². The van der Waals surface area contributed by atoms with Gasteiger partial charge in [-0.2, -0.15) is 5.26 Å². The average Bonchev–Trinajstić information content (AvgIpc) is 2.73. The Kier molecular flexibility index (Phi) is 6.00. The lowest BCUT2D eigenvalue weighted by molar-refractivity contribution is 0.251. The van der Waals surface area contributed by atoms with Crippen LogP contribution in [0.1, 0.15) is 16.7 Å². The number of ether oxygens (including phenoxy) is 1. The molecule has 0 saturated carbocycles. The van der Waals surface area contributed by atoms with Crippen LogP contribution in [0.5, 0.6) is 5.75 Å². The second kappa shape index (κ2) is 9.02. The highest BCUT2D eigenvalue weighted by atomic mass is 16.5. The molecule has 1 heterocycles. The van der Waals surface area contributed by atoms with Gasteiger partial charge in [0.05, 0.1) is 11.6 Å². The van der Waals surface area contributed by atoms with E-state index in [9.17, 15) is 4.79 Å². The fourth-order valence-corrected chi connectivity index (χ4v) is 2.37. The third-order valence-corrected chi connectivity index (χ3v) is 3.76. The van der Waals surface area contributed by atoms with Gasteiger partial charge in [0.15, 0.2) is 0 Å². The number of carbonyl (C=O) groups is 1. The zero-order valence-corrected chi connectivity index (χ0v) is 14.6. The lowest BCUT2D eigenvalue weighted by Gasteiger charge is -2.09. The predicted octanol–water partition coefficient (Wildman–Crippen LogP) is 3.85. The van der Waals surface area contributed by atoms with E-state index in [-0.39, 0.29) is 6.03 Å². The van der Waals surface area contributed by atoms with Gasteiger partial charge in [0.1, 0.15) is 12.4 Å². The summed E-state index contributed by atoms with van der Waals surface area (Å²) in [6.07, 6.45) is 3.40. The van der Waals surface area contributed by atoms with E-state index in [1.54, 1.807) is 30.6 Å². The van der Waals surface area contributed by atoms with E-state index in [0.717, 1.165) is 11.1 Å². The molecule has 0 radical (unpaired) electrons. The van der Waals surface area contributed by atoms with Gasteiger partial charge in [0.25, 0.3) is 0 Å². The molecular weight excluding hydrogens is 340 g/mol. The first-order chi connectivity index (χ1) is 13.2. The SMILES string of the molecule is N#Cc1cccc(OCc2ccc(NC(=O)NCc3cccnc3)cc2)c1. The van der Waals surface area contributed by atoms with Crippen molar-refractivity contribution in [2.24, 2.45) is 0 Å². The van der Waals surface area contributed by atoms with Crippen LogP contribution >= 0.6 is 0 Å². The maximum absolute atomic E-state index is 11.9. The number of aromatic nitrogens is 1. The Labute approximate surface area is 157 Å². The zero-order chi connectivity index (χ0) is 18.9. The fraction of sp³-hybridized carbons (Fsp3) is 0.0952. The van der Waals surface area contributed by atoms with E-state index in [1.165, 1.54) is 0 Å². The molecule has 0 unspecified atom stereocenters. The highest BCUT2D eigenvalue weighted by Crippen LogP contribution is 2.16. The number of hydrogen-bond donors (Lipinski definition) is 2. The summed E-state index contributed by atoms with van der Waals surface area (Å²) in [7, 11) is 0. The first kappa shape index (κ1) is 18.0. The fourth-order valence-electron chi connectivity index (χ4n) is 2.37. The highest BCUT2D eigenvalue weighted by Gasteiger charge is 2.03. The van der Waals surface area contributed by atoms with E-state index in [2.05, 4.69) is 21.7 Å². The molecule has 0 aliphatic heterocycles. The molecule has 6 heteroatoms. The van der Waals surface area contributed by atoms with Gasteiger partial charge in [-0.05, 0) is 47.5 Å². The molecule has 0 aliphatic rings. The van der Waals surface area contributed by atoms with Crippen LogP contribution in [-0.2, 0) is 13.2 Å². The lowest BCUT2D eigenvalue weighted by Crippen LogP contribution is -2.28. The van der Waals surface area contributed by atoms with Crippen molar-refractivity contribution < 1.29 is 9.53 Å². The summed E-state index contributed by atoms with van der Waals surface area (Å²) in [5, 5.41) is 14.5. The number of amides is 2. The molecule has 27 heavy (non-hydrogen) atoms. The smallest absolute Gasteiger partial charge is 0.319 e. The summed E-state index contributed by atoms with van der Waals surface area (Å²) in [5.74, 6) is 0.644. The summed E-state index contributed by atoms with van der Waals surface area (Å²) in [6.45, 7) is 0.787. The van der Waals surface area contributed by atoms with E-state index in [0.29, 0.717) is 30.2 Å². The molecule has 0 spiro atoms. The van der Waals surface area contributed by atoms with E-state index in [1.807, 2.05) is 42.5 Å². The van der Waals surface area contributed by atoms with Gasteiger partial charge in [-0.15, -0.1) is 0 Å². The Morgan fingerprint density at radius 2 is 1.93 bits per heavy atom. The van der Waals surface area contributed by atoms with Crippen molar-refractivity contribution >= 4 is 11.7 Å². The number of nitrogens with zero attached hydrogens (tertiary/aromatic N) is 2. The Bertz CT molecular complexity index is 934. The number of anilines is 1. The van der Waals surface area contributed by atoms with Crippen molar-refractivity contribution in [1.29, 1.82) is 5.26 Å². The molecule has 2 N–H and O–H groups in total. The molecule has 1 aromatic heterocycles.